The van der Waals surface area contributed by atoms with E-state index in [1.165, 1.54) is 4.90 Å². The Morgan fingerprint density at radius 2 is 1.34 bits per heavy atom. The molecule has 3 amide bonds. The minimum Gasteiger partial charge on any atom is -0.322 e. The van der Waals surface area contributed by atoms with Gasteiger partial charge < -0.3 is 5.32 Å². The zero-order chi connectivity index (χ0) is 22.6. The molecule has 3 aromatic rings. The lowest BCUT2D eigenvalue weighted by molar-refractivity contribution is -0.132. The summed E-state index contributed by atoms with van der Waals surface area (Å²) in [4.78, 5) is 30.0. The van der Waals surface area contributed by atoms with Crippen molar-refractivity contribution in [2.24, 2.45) is 0 Å². The monoisotopic (exact) mass is 491 g/mol. The van der Waals surface area contributed by atoms with Crippen molar-refractivity contribution in [3.05, 3.63) is 106 Å². The van der Waals surface area contributed by atoms with Crippen LogP contribution in [0.5, 0.6) is 0 Å². The Kier molecular flexibility index (Phi) is 6.72. The minimum absolute atomic E-state index is 0.183. The maximum absolute atomic E-state index is 13.7. The number of benzene rings is 3. The molecule has 0 atom stereocenters. The summed E-state index contributed by atoms with van der Waals surface area (Å²) in [5, 5.41) is 3.05. The molecule has 1 aliphatic rings. The third-order valence-electron chi connectivity index (χ3n) is 5.69. The van der Waals surface area contributed by atoms with Crippen molar-refractivity contribution in [1.82, 2.24) is 15.1 Å². The standard InChI is InChI=1S/C26H26BrN3O2/c1-29(18-22-12-14-23(27)15-13-22)19-30-24(31)26(28-25(30)32,16-20-8-4-2-5-9-20)17-21-10-6-3-7-11-21/h2-15H,16-19H2,1H3,(H,28,32). The Bertz CT molecular complexity index is 1030. The first-order chi connectivity index (χ1) is 15.4. The molecule has 0 bridgehead atoms. The van der Waals surface area contributed by atoms with Gasteiger partial charge in [0, 0.05) is 23.9 Å². The highest BCUT2D eigenvalue weighted by Gasteiger charge is 2.51. The van der Waals surface area contributed by atoms with Crippen molar-refractivity contribution in [3.63, 3.8) is 0 Å². The second-order valence-electron chi connectivity index (χ2n) is 8.35. The van der Waals surface area contributed by atoms with Crippen LogP contribution in [0.4, 0.5) is 4.79 Å². The van der Waals surface area contributed by atoms with Crippen LogP contribution < -0.4 is 5.32 Å². The number of hydrogen-bond acceptors (Lipinski definition) is 3. The highest BCUT2D eigenvalue weighted by Crippen LogP contribution is 2.27. The number of carbonyl (C=O) groups is 2. The van der Waals surface area contributed by atoms with E-state index in [1.54, 1.807) is 0 Å². The Labute approximate surface area is 197 Å². The van der Waals surface area contributed by atoms with Crippen LogP contribution in [-0.4, -0.2) is 41.0 Å². The van der Waals surface area contributed by atoms with E-state index in [-0.39, 0.29) is 18.6 Å². The van der Waals surface area contributed by atoms with E-state index < -0.39 is 5.54 Å². The molecular formula is C26H26BrN3O2. The van der Waals surface area contributed by atoms with Gasteiger partial charge in [0.2, 0.25) is 0 Å². The SMILES string of the molecule is CN(Cc1ccc(Br)cc1)CN1C(=O)NC(Cc2ccccc2)(Cc2ccccc2)C1=O. The Morgan fingerprint density at radius 3 is 1.88 bits per heavy atom. The van der Waals surface area contributed by atoms with Crippen LogP contribution in [0.25, 0.3) is 0 Å². The van der Waals surface area contributed by atoms with E-state index in [9.17, 15) is 9.59 Å². The van der Waals surface area contributed by atoms with Gasteiger partial charge in [-0.15, -0.1) is 0 Å². The summed E-state index contributed by atoms with van der Waals surface area (Å²) in [6.45, 7) is 0.862. The number of hydrogen-bond donors (Lipinski definition) is 1. The predicted octanol–water partition coefficient (Wildman–Crippen LogP) is 4.61. The number of amides is 3. The van der Waals surface area contributed by atoms with E-state index in [0.29, 0.717) is 19.4 Å². The highest BCUT2D eigenvalue weighted by atomic mass is 79.9. The lowest BCUT2D eigenvalue weighted by Gasteiger charge is -2.28. The fourth-order valence-corrected chi connectivity index (χ4v) is 4.45. The van der Waals surface area contributed by atoms with E-state index in [0.717, 1.165) is 21.2 Å². The van der Waals surface area contributed by atoms with Crippen molar-refractivity contribution in [2.75, 3.05) is 13.7 Å². The molecule has 6 heteroatoms. The molecule has 1 fully saturated rings. The van der Waals surface area contributed by atoms with Crippen LogP contribution in [0.1, 0.15) is 16.7 Å². The quantitative estimate of drug-likeness (QED) is 0.468. The van der Waals surface area contributed by atoms with E-state index in [4.69, 9.17) is 0 Å². The molecule has 1 aliphatic heterocycles. The maximum atomic E-state index is 13.7. The first kappa shape index (κ1) is 22.2. The van der Waals surface area contributed by atoms with E-state index in [1.807, 2.05) is 96.9 Å². The van der Waals surface area contributed by atoms with Gasteiger partial charge in [0.1, 0.15) is 5.54 Å². The van der Waals surface area contributed by atoms with Gasteiger partial charge in [-0.05, 0) is 35.9 Å². The predicted molar refractivity (Wildman–Crippen MR) is 129 cm³/mol. The van der Waals surface area contributed by atoms with Gasteiger partial charge in [0.15, 0.2) is 0 Å². The van der Waals surface area contributed by atoms with Gasteiger partial charge in [-0.25, -0.2) is 9.69 Å². The summed E-state index contributed by atoms with van der Waals surface area (Å²) in [5.41, 5.74) is 2.14. The molecule has 3 aromatic carbocycles. The number of carbonyl (C=O) groups excluding carboxylic acids is 2. The van der Waals surface area contributed by atoms with Gasteiger partial charge in [-0.2, -0.15) is 0 Å². The van der Waals surface area contributed by atoms with Gasteiger partial charge in [-0.1, -0.05) is 88.7 Å². The Hall–Kier alpha value is -2.96. The van der Waals surface area contributed by atoms with E-state index in [2.05, 4.69) is 21.2 Å². The molecule has 0 aliphatic carbocycles. The van der Waals surface area contributed by atoms with Crippen molar-refractivity contribution in [3.8, 4) is 0 Å². The molecule has 0 saturated carbocycles. The Morgan fingerprint density at radius 1 is 0.812 bits per heavy atom. The zero-order valence-corrected chi connectivity index (χ0v) is 19.6. The van der Waals surface area contributed by atoms with Crippen LogP contribution in [0.2, 0.25) is 0 Å². The molecule has 0 aromatic heterocycles. The lowest BCUT2D eigenvalue weighted by atomic mass is 9.84. The van der Waals surface area contributed by atoms with Gasteiger partial charge in [-0.3, -0.25) is 9.69 Å². The average molecular weight is 492 g/mol. The number of nitrogens with zero attached hydrogens (tertiary/aromatic N) is 2. The fourth-order valence-electron chi connectivity index (χ4n) is 4.19. The summed E-state index contributed by atoms with van der Waals surface area (Å²) in [6.07, 6.45) is 0.889. The first-order valence-corrected chi connectivity index (χ1v) is 11.4. The number of imide groups is 1. The van der Waals surface area contributed by atoms with E-state index >= 15 is 0 Å². The molecule has 4 rings (SSSR count). The second kappa shape index (κ2) is 9.67. The average Bonchev–Trinajstić information content (AvgIpc) is 3.00. The molecule has 0 spiro atoms. The largest absolute Gasteiger partial charge is 0.326 e. The summed E-state index contributed by atoms with van der Waals surface area (Å²) in [5.74, 6) is -0.183. The van der Waals surface area contributed by atoms with Gasteiger partial charge in [0.05, 0.1) is 6.67 Å². The summed E-state index contributed by atoms with van der Waals surface area (Å²) in [7, 11) is 1.91. The summed E-state index contributed by atoms with van der Waals surface area (Å²) < 4.78 is 1.02. The van der Waals surface area contributed by atoms with Gasteiger partial charge >= 0.3 is 6.03 Å². The van der Waals surface area contributed by atoms with Crippen molar-refractivity contribution in [2.45, 2.75) is 24.9 Å². The molecule has 1 N–H and O–H groups in total. The normalized spacial score (nSPS) is 15.3. The molecule has 5 nitrogen and oxygen atoms in total. The molecule has 32 heavy (non-hydrogen) atoms. The van der Waals surface area contributed by atoms with Crippen LogP contribution in [-0.2, 0) is 24.2 Å². The highest BCUT2D eigenvalue weighted by molar-refractivity contribution is 9.10. The van der Waals surface area contributed by atoms with Crippen molar-refractivity contribution < 1.29 is 9.59 Å². The second-order valence-corrected chi connectivity index (χ2v) is 9.27. The van der Waals surface area contributed by atoms with Crippen LogP contribution in [0, 0.1) is 0 Å². The smallest absolute Gasteiger partial charge is 0.322 e. The Balaban J connectivity index is 1.55. The molecule has 0 unspecified atom stereocenters. The maximum Gasteiger partial charge on any atom is 0.326 e. The van der Waals surface area contributed by atoms with Gasteiger partial charge in [0.25, 0.3) is 5.91 Å². The number of urea groups is 1. The molecular weight excluding hydrogens is 466 g/mol. The molecule has 164 valence electrons. The first-order valence-electron chi connectivity index (χ1n) is 10.6. The van der Waals surface area contributed by atoms with Crippen LogP contribution in [0.15, 0.2) is 89.4 Å². The number of rotatable bonds is 8. The molecule has 1 heterocycles. The van der Waals surface area contributed by atoms with Crippen LogP contribution in [0.3, 0.4) is 0 Å². The molecule has 1 saturated heterocycles. The van der Waals surface area contributed by atoms with Crippen LogP contribution >= 0.6 is 15.9 Å². The topological polar surface area (TPSA) is 52.6 Å². The lowest BCUT2D eigenvalue weighted by Crippen LogP contribution is -2.51. The summed E-state index contributed by atoms with van der Waals surface area (Å²) >= 11 is 3.45. The third-order valence-corrected chi connectivity index (χ3v) is 6.22. The zero-order valence-electron chi connectivity index (χ0n) is 18.0. The fraction of sp³-hybridized carbons (Fsp3) is 0.231. The van der Waals surface area contributed by atoms with Crippen molar-refractivity contribution >= 4 is 27.9 Å². The minimum atomic E-state index is -1.00. The summed E-state index contributed by atoms with van der Waals surface area (Å²) in [6, 6.07) is 27.4. The third kappa shape index (κ3) is 5.09. The number of nitrogens with one attached hydrogen (secondary N) is 1. The van der Waals surface area contributed by atoms with Crippen molar-refractivity contribution in [1.29, 1.82) is 0 Å². The molecule has 0 radical (unpaired) electrons. The number of halogens is 1.